The largest absolute Gasteiger partial charge is 0.371 e. The molecule has 0 unspecified atom stereocenters. The van der Waals surface area contributed by atoms with Crippen LogP contribution < -0.4 is 10.6 Å². The van der Waals surface area contributed by atoms with Crippen molar-refractivity contribution in [2.75, 3.05) is 11.9 Å². The molecule has 0 atom stereocenters. The molecule has 0 saturated heterocycles. The first-order chi connectivity index (χ1) is 9.17. The van der Waals surface area contributed by atoms with Gasteiger partial charge in [0.2, 0.25) is 0 Å². The summed E-state index contributed by atoms with van der Waals surface area (Å²) in [6, 6.07) is 5.78. The Balaban J connectivity index is 2.12. The molecule has 0 bridgehead atoms. The number of hydrogen-bond acceptors (Lipinski definition) is 2. The molecule has 0 radical (unpaired) electrons. The highest BCUT2D eigenvalue weighted by Gasteiger charge is 2.24. The monoisotopic (exact) mass is 264 g/mol. The van der Waals surface area contributed by atoms with E-state index in [1.165, 1.54) is 38.2 Å². The van der Waals surface area contributed by atoms with Crippen LogP contribution in [0.5, 0.6) is 0 Å². The summed E-state index contributed by atoms with van der Waals surface area (Å²) in [5.74, 6) is 0.695. The highest BCUT2D eigenvalue weighted by atomic mass is 19.1. The zero-order valence-corrected chi connectivity index (χ0v) is 12.0. The molecule has 2 nitrogen and oxygen atoms in total. The van der Waals surface area contributed by atoms with Crippen LogP contribution in [0.2, 0.25) is 0 Å². The van der Waals surface area contributed by atoms with Crippen LogP contribution in [0.15, 0.2) is 18.2 Å². The molecule has 2 rings (SSSR count). The summed E-state index contributed by atoms with van der Waals surface area (Å²) in [6.45, 7) is 2.53. The van der Waals surface area contributed by atoms with E-state index in [0.29, 0.717) is 11.6 Å². The van der Waals surface area contributed by atoms with E-state index in [-0.39, 0.29) is 12.4 Å². The fourth-order valence-corrected chi connectivity index (χ4v) is 3.22. The van der Waals surface area contributed by atoms with E-state index in [0.717, 1.165) is 11.6 Å². The van der Waals surface area contributed by atoms with Gasteiger partial charge in [-0.25, -0.2) is 4.39 Å². The van der Waals surface area contributed by atoms with Gasteiger partial charge in [-0.1, -0.05) is 19.4 Å². The molecular formula is C16H25FN2. The minimum absolute atomic E-state index is 0.186. The second-order valence-corrected chi connectivity index (χ2v) is 5.64. The molecule has 0 amide bonds. The molecule has 0 spiro atoms. The molecule has 1 aromatic carbocycles. The van der Waals surface area contributed by atoms with Gasteiger partial charge in [0.15, 0.2) is 0 Å². The summed E-state index contributed by atoms with van der Waals surface area (Å²) in [6.07, 6.45) is 6.27. The average molecular weight is 264 g/mol. The Morgan fingerprint density at radius 3 is 2.53 bits per heavy atom. The molecule has 1 saturated carbocycles. The molecule has 1 aliphatic rings. The van der Waals surface area contributed by atoms with Crippen molar-refractivity contribution in [1.29, 1.82) is 0 Å². The van der Waals surface area contributed by atoms with Crippen LogP contribution >= 0.6 is 0 Å². The molecule has 0 heterocycles. The first kappa shape index (κ1) is 14.3. The first-order valence-electron chi connectivity index (χ1n) is 7.37. The number of nitrogens with zero attached hydrogens (tertiary/aromatic N) is 1. The Hall–Kier alpha value is -1.09. The predicted molar refractivity (Wildman–Crippen MR) is 78.7 cm³/mol. The van der Waals surface area contributed by atoms with Gasteiger partial charge in [-0.3, -0.25) is 0 Å². The second kappa shape index (κ2) is 6.38. The fraction of sp³-hybridized carbons (Fsp3) is 0.625. The molecule has 2 N–H and O–H groups in total. The molecule has 1 aromatic rings. The molecule has 0 aromatic heterocycles. The van der Waals surface area contributed by atoms with Crippen LogP contribution in [0.25, 0.3) is 0 Å². The van der Waals surface area contributed by atoms with Crippen LogP contribution in [0.3, 0.4) is 0 Å². The fourth-order valence-electron chi connectivity index (χ4n) is 3.22. The third-order valence-corrected chi connectivity index (χ3v) is 4.62. The maximum Gasteiger partial charge on any atom is 0.129 e. The van der Waals surface area contributed by atoms with E-state index in [2.05, 4.69) is 18.9 Å². The lowest BCUT2D eigenvalue weighted by molar-refractivity contribution is 0.313. The van der Waals surface area contributed by atoms with Crippen LogP contribution in [0.1, 0.15) is 44.6 Å². The zero-order valence-electron chi connectivity index (χ0n) is 12.0. The predicted octanol–water partition coefficient (Wildman–Crippen LogP) is 3.69. The van der Waals surface area contributed by atoms with Gasteiger partial charge < -0.3 is 10.6 Å². The lowest BCUT2D eigenvalue weighted by atomic mass is 9.84. The highest BCUT2D eigenvalue weighted by Crippen LogP contribution is 2.32. The van der Waals surface area contributed by atoms with Gasteiger partial charge in [0.05, 0.1) is 0 Å². The number of rotatable bonds is 4. The maximum atomic E-state index is 13.8. The second-order valence-electron chi connectivity index (χ2n) is 5.64. The van der Waals surface area contributed by atoms with E-state index in [1.807, 2.05) is 6.07 Å². The topological polar surface area (TPSA) is 29.3 Å². The van der Waals surface area contributed by atoms with Crippen LogP contribution in [-0.4, -0.2) is 13.1 Å². The number of nitrogens with two attached hydrogens (primary N) is 1. The first-order valence-corrected chi connectivity index (χ1v) is 7.37. The Kier molecular flexibility index (Phi) is 4.81. The number of halogens is 1. The van der Waals surface area contributed by atoms with Gasteiger partial charge in [-0.05, 0) is 43.7 Å². The van der Waals surface area contributed by atoms with Gasteiger partial charge in [0.1, 0.15) is 5.82 Å². The SMILES string of the molecule is CCC1CCC(N(C)c2cccc(F)c2CN)CC1. The summed E-state index contributed by atoms with van der Waals surface area (Å²) in [7, 11) is 2.07. The summed E-state index contributed by atoms with van der Waals surface area (Å²) >= 11 is 0. The molecule has 19 heavy (non-hydrogen) atoms. The van der Waals surface area contributed by atoms with Crippen molar-refractivity contribution < 1.29 is 4.39 Å². The Morgan fingerprint density at radius 1 is 1.26 bits per heavy atom. The summed E-state index contributed by atoms with van der Waals surface area (Å²) in [5, 5.41) is 0. The summed E-state index contributed by atoms with van der Waals surface area (Å²) in [4.78, 5) is 2.23. The smallest absolute Gasteiger partial charge is 0.129 e. The summed E-state index contributed by atoms with van der Waals surface area (Å²) < 4.78 is 13.8. The molecule has 0 aliphatic heterocycles. The standard InChI is InChI=1S/C16H25FN2/c1-3-12-7-9-13(10-8-12)19(2)16-6-4-5-15(17)14(16)11-18/h4-6,12-13H,3,7-11,18H2,1-2H3. The van der Waals surface area contributed by atoms with Crippen LogP contribution in [0, 0.1) is 11.7 Å². The van der Waals surface area contributed by atoms with Gasteiger partial charge in [-0.2, -0.15) is 0 Å². The van der Waals surface area contributed by atoms with Gasteiger partial charge in [0, 0.05) is 30.9 Å². The van der Waals surface area contributed by atoms with E-state index < -0.39 is 0 Å². The van der Waals surface area contributed by atoms with Crippen molar-refractivity contribution in [2.24, 2.45) is 11.7 Å². The van der Waals surface area contributed by atoms with Crippen molar-refractivity contribution in [3.8, 4) is 0 Å². The van der Waals surface area contributed by atoms with Crippen molar-refractivity contribution in [1.82, 2.24) is 0 Å². The zero-order chi connectivity index (χ0) is 13.8. The lowest BCUT2D eigenvalue weighted by Crippen LogP contribution is -2.36. The quantitative estimate of drug-likeness (QED) is 0.898. The average Bonchev–Trinajstić information content (AvgIpc) is 2.46. The highest BCUT2D eigenvalue weighted by molar-refractivity contribution is 5.54. The Morgan fingerprint density at radius 2 is 1.95 bits per heavy atom. The van der Waals surface area contributed by atoms with E-state index in [9.17, 15) is 4.39 Å². The normalized spacial score (nSPS) is 23.4. The molecule has 1 aliphatic carbocycles. The molecular weight excluding hydrogens is 239 g/mol. The Labute approximate surface area is 115 Å². The van der Waals surface area contributed by atoms with Crippen LogP contribution in [-0.2, 0) is 6.54 Å². The molecule has 1 fully saturated rings. The third-order valence-electron chi connectivity index (χ3n) is 4.62. The minimum Gasteiger partial charge on any atom is -0.371 e. The number of anilines is 1. The van der Waals surface area contributed by atoms with Crippen molar-refractivity contribution >= 4 is 5.69 Å². The Bertz CT molecular complexity index is 411. The van der Waals surface area contributed by atoms with Gasteiger partial charge in [0.25, 0.3) is 0 Å². The van der Waals surface area contributed by atoms with E-state index >= 15 is 0 Å². The lowest BCUT2D eigenvalue weighted by Gasteiger charge is -2.36. The van der Waals surface area contributed by atoms with E-state index in [1.54, 1.807) is 6.07 Å². The van der Waals surface area contributed by atoms with Crippen molar-refractivity contribution in [2.45, 2.75) is 51.6 Å². The number of hydrogen-bond donors (Lipinski definition) is 1. The minimum atomic E-state index is -0.186. The number of benzene rings is 1. The van der Waals surface area contributed by atoms with Crippen molar-refractivity contribution in [3.63, 3.8) is 0 Å². The molecule has 3 heteroatoms. The molecule has 106 valence electrons. The van der Waals surface area contributed by atoms with Crippen LogP contribution in [0.4, 0.5) is 10.1 Å². The summed E-state index contributed by atoms with van der Waals surface area (Å²) in [5.41, 5.74) is 7.30. The van der Waals surface area contributed by atoms with Gasteiger partial charge >= 0.3 is 0 Å². The maximum absolute atomic E-state index is 13.8. The van der Waals surface area contributed by atoms with Gasteiger partial charge in [-0.15, -0.1) is 0 Å². The van der Waals surface area contributed by atoms with Crippen molar-refractivity contribution in [3.05, 3.63) is 29.6 Å². The third kappa shape index (κ3) is 3.08. The van der Waals surface area contributed by atoms with E-state index in [4.69, 9.17) is 5.73 Å².